The van der Waals surface area contributed by atoms with Gasteiger partial charge in [-0.1, -0.05) is 25.3 Å². The van der Waals surface area contributed by atoms with Gasteiger partial charge < -0.3 is 10.4 Å². The maximum absolute atomic E-state index is 11.9. The van der Waals surface area contributed by atoms with Gasteiger partial charge in [-0.2, -0.15) is 0 Å². The monoisotopic (exact) mass is 271 g/mol. The summed E-state index contributed by atoms with van der Waals surface area (Å²) in [5.74, 6) is -1.05. The van der Waals surface area contributed by atoms with E-state index in [0.717, 1.165) is 11.5 Å². The number of hydrogen-bond donors (Lipinski definition) is 2. The number of carboxylic acid groups (broad SMARTS) is 1. The van der Waals surface area contributed by atoms with Gasteiger partial charge >= 0.3 is 5.97 Å². The molecule has 7 heteroatoms. The summed E-state index contributed by atoms with van der Waals surface area (Å²) < 4.78 is 3.78. The lowest BCUT2D eigenvalue weighted by Crippen LogP contribution is -2.29. The molecular weight excluding hydrogens is 254 g/mol. The molecule has 0 aliphatic heterocycles. The summed E-state index contributed by atoms with van der Waals surface area (Å²) in [6.07, 6.45) is 0.0399. The number of carbonyl (C=O) groups is 2. The number of aromatic nitrogens is 2. The molecule has 1 aromatic rings. The number of nitrogens with one attached hydrogen (secondary N) is 1. The van der Waals surface area contributed by atoms with Gasteiger partial charge in [0, 0.05) is 13.0 Å². The summed E-state index contributed by atoms with van der Waals surface area (Å²) in [6, 6.07) is 0. The van der Waals surface area contributed by atoms with Crippen molar-refractivity contribution in [1.82, 2.24) is 14.9 Å². The number of carboxylic acids is 1. The van der Waals surface area contributed by atoms with Gasteiger partial charge in [0.1, 0.15) is 4.88 Å². The van der Waals surface area contributed by atoms with Crippen LogP contribution in [0.3, 0.4) is 0 Å². The van der Waals surface area contributed by atoms with Gasteiger partial charge in [-0.25, -0.2) is 0 Å². The van der Waals surface area contributed by atoms with Crippen LogP contribution in [0.4, 0.5) is 0 Å². The van der Waals surface area contributed by atoms with E-state index in [1.54, 1.807) is 6.92 Å². The van der Waals surface area contributed by atoms with Crippen LogP contribution in [0.25, 0.3) is 0 Å². The lowest BCUT2D eigenvalue weighted by molar-refractivity contribution is -0.137. The van der Waals surface area contributed by atoms with E-state index in [0.29, 0.717) is 17.1 Å². The van der Waals surface area contributed by atoms with Gasteiger partial charge in [-0.15, -0.1) is 5.10 Å². The molecule has 0 aliphatic carbocycles. The Morgan fingerprint density at radius 1 is 1.39 bits per heavy atom. The molecule has 1 atom stereocenters. The number of hydrogen-bond acceptors (Lipinski definition) is 5. The molecule has 0 saturated carbocycles. The lowest BCUT2D eigenvalue weighted by Gasteiger charge is -2.10. The molecule has 0 aromatic carbocycles. The Bertz CT molecular complexity index is 431. The number of nitrogens with zero attached hydrogens (tertiary/aromatic N) is 2. The van der Waals surface area contributed by atoms with Crippen LogP contribution < -0.4 is 5.32 Å². The summed E-state index contributed by atoms with van der Waals surface area (Å²) in [6.45, 7) is 6.00. The molecule has 1 amide bonds. The topological polar surface area (TPSA) is 92.2 Å². The van der Waals surface area contributed by atoms with Crippen molar-refractivity contribution in [3.63, 3.8) is 0 Å². The number of amides is 1. The molecule has 0 aliphatic rings. The zero-order valence-electron chi connectivity index (χ0n) is 10.6. The Morgan fingerprint density at radius 2 is 2.06 bits per heavy atom. The van der Waals surface area contributed by atoms with Crippen molar-refractivity contribution in [2.75, 3.05) is 6.54 Å². The average Bonchev–Trinajstić information content (AvgIpc) is 2.73. The highest BCUT2D eigenvalue weighted by molar-refractivity contribution is 7.08. The average molecular weight is 271 g/mol. The minimum absolute atomic E-state index is 0.0399. The first kappa shape index (κ1) is 14.6. The maximum Gasteiger partial charge on any atom is 0.303 e. The Labute approximate surface area is 110 Å². The van der Waals surface area contributed by atoms with Crippen molar-refractivity contribution in [1.29, 1.82) is 0 Å². The molecule has 6 nitrogen and oxygen atoms in total. The minimum atomic E-state index is -0.862. The molecule has 0 spiro atoms. The van der Waals surface area contributed by atoms with Gasteiger partial charge in [-0.3, -0.25) is 9.59 Å². The summed E-state index contributed by atoms with van der Waals surface area (Å²) in [7, 11) is 0. The molecule has 0 radical (unpaired) electrons. The van der Waals surface area contributed by atoms with Crippen molar-refractivity contribution in [2.24, 2.45) is 5.92 Å². The molecular formula is C11H17N3O3S. The number of carbonyl (C=O) groups excluding carboxylic acids is 1. The highest BCUT2D eigenvalue weighted by atomic mass is 32.1. The van der Waals surface area contributed by atoms with Crippen molar-refractivity contribution in [3.05, 3.63) is 10.6 Å². The fourth-order valence-corrected chi connectivity index (χ4v) is 2.19. The third kappa shape index (κ3) is 4.06. The van der Waals surface area contributed by atoms with E-state index < -0.39 is 5.97 Å². The standard InChI is InChI=1S/C11H17N3O3S/c1-6(2)9-10(18-14-13-9)11(17)12-5-7(3)4-8(15)16/h6-7H,4-5H2,1-3H3,(H,12,17)(H,15,16). The van der Waals surface area contributed by atoms with E-state index in [-0.39, 0.29) is 24.2 Å². The molecule has 100 valence electrons. The maximum atomic E-state index is 11.9. The van der Waals surface area contributed by atoms with Gasteiger partial charge in [0.25, 0.3) is 5.91 Å². The van der Waals surface area contributed by atoms with Crippen molar-refractivity contribution in [2.45, 2.75) is 33.1 Å². The second-order valence-electron chi connectivity index (χ2n) is 4.56. The predicted molar refractivity (Wildman–Crippen MR) is 67.7 cm³/mol. The van der Waals surface area contributed by atoms with Crippen molar-refractivity contribution >= 4 is 23.4 Å². The van der Waals surface area contributed by atoms with Crippen LogP contribution in [-0.4, -0.2) is 33.1 Å². The van der Waals surface area contributed by atoms with Gasteiger partial charge in [0.15, 0.2) is 0 Å². The largest absolute Gasteiger partial charge is 0.481 e. The van der Waals surface area contributed by atoms with Crippen LogP contribution in [0.5, 0.6) is 0 Å². The van der Waals surface area contributed by atoms with E-state index in [9.17, 15) is 9.59 Å². The first-order chi connectivity index (χ1) is 8.41. The van der Waals surface area contributed by atoms with E-state index in [1.807, 2.05) is 13.8 Å². The molecule has 1 heterocycles. The number of aliphatic carboxylic acids is 1. The predicted octanol–water partition coefficient (Wildman–Crippen LogP) is 1.50. The first-order valence-corrected chi connectivity index (χ1v) is 6.51. The van der Waals surface area contributed by atoms with Crippen LogP contribution >= 0.6 is 11.5 Å². The third-order valence-electron chi connectivity index (χ3n) is 2.40. The van der Waals surface area contributed by atoms with E-state index in [1.165, 1.54) is 0 Å². The Morgan fingerprint density at radius 3 is 2.61 bits per heavy atom. The van der Waals surface area contributed by atoms with E-state index in [4.69, 9.17) is 5.11 Å². The highest BCUT2D eigenvalue weighted by Gasteiger charge is 2.19. The SMILES string of the molecule is CC(CNC(=O)c1snnc1C(C)C)CC(=O)O. The van der Waals surface area contributed by atoms with E-state index in [2.05, 4.69) is 14.9 Å². The summed E-state index contributed by atoms with van der Waals surface area (Å²) in [5.41, 5.74) is 0.684. The third-order valence-corrected chi connectivity index (χ3v) is 3.14. The number of rotatable bonds is 6. The Kier molecular flexibility index (Phi) is 5.21. The fourth-order valence-electron chi connectivity index (χ4n) is 1.45. The van der Waals surface area contributed by atoms with Crippen LogP contribution in [-0.2, 0) is 4.79 Å². The molecule has 0 saturated heterocycles. The zero-order chi connectivity index (χ0) is 13.7. The van der Waals surface area contributed by atoms with Gasteiger partial charge in [0.05, 0.1) is 5.69 Å². The summed E-state index contributed by atoms with van der Waals surface area (Å²) in [5, 5.41) is 15.3. The minimum Gasteiger partial charge on any atom is -0.481 e. The van der Waals surface area contributed by atoms with Crippen LogP contribution in [0.2, 0.25) is 0 Å². The normalized spacial score (nSPS) is 12.4. The smallest absolute Gasteiger partial charge is 0.303 e. The van der Waals surface area contributed by atoms with Crippen LogP contribution in [0.1, 0.15) is 48.5 Å². The quantitative estimate of drug-likeness (QED) is 0.818. The summed E-state index contributed by atoms with van der Waals surface area (Å²) >= 11 is 1.06. The molecule has 1 unspecified atom stereocenters. The Balaban J connectivity index is 2.55. The van der Waals surface area contributed by atoms with Crippen LogP contribution in [0, 0.1) is 5.92 Å². The lowest BCUT2D eigenvalue weighted by atomic mass is 10.1. The molecule has 0 bridgehead atoms. The Hall–Kier alpha value is -1.50. The van der Waals surface area contributed by atoms with Crippen molar-refractivity contribution in [3.8, 4) is 0 Å². The highest BCUT2D eigenvalue weighted by Crippen LogP contribution is 2.19. The van der Waals surface area contributed by atoms with Gasteiger partial charge in [0.2, 0.25) is 0 Å². The van der Waals surface area contributed by atoms with Gasteiger partial charge in [-0.05, 0) is 23.4 Å². The second-order valence-corrected chi connectivity index (χ2v) is 5.31. The summed E-state index contributed by atoms with van der Waals surface area (Å²) in [4.78, 5) is 22.9. The zero-order valence-corrected chi connectivity index (χ0v) is 11.5. The van der Waals surface area contributed by atoms with Crippen LogP contribution in [0.15, 0.2) is 0 Å². The fraction of sp³-hybridized carbons (Fsp3) is 0.636. The van der Waals surface area contributed by atoms with E-state index >= 15 is 0 Å². The second kappa shape index (κ2) is 6.44. The van der Waals surface area contributed by atoms with Crippen molar-refractivity contribution < 1.29 is 14.7 Å². The molecule has 18 heavy (non-hydrogen) atoms. The first-order valence-electron chi connectivity index (χ1n) is 5.74. The molecule has 1 aromatic heterocycles. The molecule has 1 rings (SSSR count). The molecule has 2 N–H and O–H groups in total. The molecule has 0 fully saturated rings.